The van der Waals surface area contributed by atoms with Crippen LogP contribution >= 0.6 is 0 Å². The highest BCUT2D eigenvalue weighted by molar-refractivity contribution is 7.86. The van der Waals surface area contributed by atoms with Gasteiger partial charge in [0.05, 0.1) is 0 Å². The van der Waals surface area contributed by atoms with Crippen molar-refractivity contribution in [1.29, 1.82) is 0 Å². The van der Waals surface area contributed by atoms with Gasteiger partial charge in [0.1, 0.15) is 10.5 Å². The summed E-state index contributed by atoms with van der Waals surface area (Å²) in [4.78, 5) is 13.4. The van der Waals surface area contributed by atoms with Crippen LogP contribution in [0.2, 0.25) is 0 Å². The number of ether oxygens (including phenoxy) is 1. The van der Waals surface area contributed by atoms with Gasteiger partial charge in [-0.25, -0.2) is 4.79 Å². The molecule has 0 saturated carbocycles. The molecule has 0 bridgehead atoms. The van der Waals surface area contributed by atoms with Crippen LogP contribution in [0.5, 0.6) is 0 Å². The lowest BCUT2D eigenvalue weighted by Gasteiger charge is -2.34. The highest BCUT2D eigenvalue weighted by Crippen LogP contribution is 2.24. The lowest BCUT2D eigenvalue weighted by molar-refractivity contribution is 0.0497. The number of carbonyl (C=O) groups is 1. The average Bonchev–Trinajstić information content (AvgIpc) is 2.45. The normalized spacial score (nSPS) is 16.8. The molecule has 1 aromatic carbocycles. The molecule has 2 rings (SSSR count). The van der Waals surface area contributed by atoms with Crippen LogP contribution in [-0.4, -0.2) is 39.2 Å². The molecule has 0 aliphatic carbocycles. The largest absolute Gasteiger partial charge is 0.444 e. The minimum absolute atomic E-state index is 0.00388. The Balaban J connectivity index is 1.92. The van der Waals surface area contributed by atoms with E-state index < -0.39 is 21.9 Å². The number of nitrogens with one attached hydrogen (secondary N) is 1. The zero-order chi connectivity index (χ0) is 18.0. The summed E-state index contributed by atoms with van der Waals surface area (Å²) in [5.74, 6) is 0. The highest BCUT2D eigenvalue weighted by atomic mass is 32.3. The van der Waals surface area contributed by atoms with Gasteiger partial charge in [-0.05, 0) is 51.8 Å². The number of carbonyl (C=O) groups excluding carboxylic acids is 1. The van der Waals surface area contributed by atoms with Crippen LogP contribution in [0, 0.1) is 0 Å². The van der Waals surface area contributed by atoms with Crippen molar-refractivity contribution in [2.45, 2.75) is 50.2 Å². The van der Waals surface area contributed by atoms with Gasteiger partial charge in [0.2, 0.25) is 0 Å². The summed E-state index contributed by atoms with van der Waals surface area (Å²) in [6.07, 6.45) is 0.962. The van der Waals surface area contributed by atoms with Crippen molar-refractivity contribution in [2.24, 2.45) is 0 Å². The molecule has 0 spiro atoms. The average molecular weight is 358 g/mol. The summed E-state index contributed by atoms with van der Waals surface area (Å²) in [5.41, 5.74) is 0.118. The molecular formula is C16H23FN2O4S. The predicted octanol–water partition coefficient (Wildman–Crippen LogP) is 2.84. The molecule has 0 unspecified atom stereocenters. The van der Waals surface area contributed by atoms with Gasteiger partial charge in [0.15, 0.2) is 0 Å². The number of piperidine rings is 1. The van der Waals surface area contributed by atoms with Gasteiger partial charge in [-0.1, -0.05) is 6.07 Å². The van der Waals surface area contributed by atoms with Gasteiger partial charge in [-0.15, -0.1) is 3.89 Å². The molecule has 1 amide bonds. The van der Waals surface area contributed by atoms with E-state index in [2.05, 4.69) is 5.32 Å². The van der Waals surface area contributed by atoms with Crippen LogP contribution in [0.3, 0.4) is 0 Å². The van der Waals surface area contributed by atoms with Gasteiger partial charge in [0, 0.05) is 24.8 Å². The molecule has 24 heavy (non-hydrogen) atoms. The molecule has 1 N–H and O–H groups in total. The van der Waals surface area contributed by atoms with Gasteiger partial charge >= 0.3 is 16.3 Å². The molecule has 1 aliphatic rings. The van der Waals surface area contributed by atoms with Crippen molar-refractivity contribution >= 4 is 22.0 Å². The van der Waals surface area contributed by atoms with Crippen molar-refractivity contribution in [3.8, 4) is 0 Å². The fraction of sp³-hybridized carbons (Fsp3) is 0.562. The maximum absolute atomic E-state index is 13.1. The fourth-order valence-corrected chi connectivity index (χ4v) is 3.09. The molecule has 1 aliphatic heterocycles. The van der Waals surface area contributed by atoms with Crippen molar-refractivity contribution in [1.82, 2.24) is 5.32 Å². The summed E-state index contributed by atoms with van der Waals surface area (Å²) in [7, 11) is -4.71. The standard InChI is InChI=1S/C16H23FN2O4S/c1-16(2,3)23-15(20)18-12-7-9-19(10-8-12)13-5-4-6-14(11-13)24(17,21)22/h4-6,11-12H,7-10H2,1-3H3,(H,18,20). The lowest BCUT2D eigenvalue weighted by atomic mass is 10.0. The zero-order valence-corrected chi connectivity index (χ0v) is 14.9. The number of anilines is 1. The minimum atomic E-state index is -4.71. The van der Waals surface area contributed by atoms with Crippen LogP contribution in [0.15, 0.2) is 29.2 Å². The third-order valence-corrected chi connectivity index (χ3v) is 4.50. The summed E-state index contributed by atoms with van der Waals surface area (Å²) in [6.45, 7) is 6.69. The molecule has 0 radical (unpaired) electrons. The summed E-state index contributed by atoms with van der Waals surface area (Å²) >= 11 is 0. The summed E-state index contributed by atoms with van der Waals surface area (Å²) in [5, 5.41) is 2.84. The second-order valence-corrected chi connectivity index (χ2v) is 8.19. The number of alkyl carbamates (subject to hydrolysis) is 1. The van der Waals surface area contributed by atoms with Gasteiger partial charge in [0.25, 0.3) is 0 Å². The number of hydrogen-bond acceptors (Lipinski definition) is 5. The Morgan fingerprint density at radius 2 is 1.92 bits per heavy atom. The number of benzene rings is 1. The lowest BCUT2D eigenvalue weighted by Crippen LogP contribution is -2.46. The van der Waals surface area contributed by atoms with E-state index in [1.165, 1.54) is 18.2 Å². The van der Waals surface area contributed by atoms with Gasteiger partial charge in [-0.3, -0.25) is 0 Å². The first-order valence-electron chi connectivity index (χ1n) is 7.84. The van der Waals surface area contributed by atoms with Crippen molar-refractivity contribution in [3.63, 3.8) is 0 Å². The molecule has 1 aromatic rings. The molecule has 1 saturated heterocycles. The monoisotopic (exact) mass is 358 g/mol. The van der Waals surface area contributed by atoms with Crippen LogP contribution in [-0.2, 0) is 15.0 Å². The van der Waals surface area contributed by atoms with Gasteiger partial charge < -0.3 is 15.0 Å². The summed E-state index contributed by atoms with van der Waals surface area (Å²) < 4.78 is 40.4. The number of hydrogen-bond donors (Lipinski definition) is 1. The smallest absolute Gasteiger partial charge is 0.407 e. The van der Waals surface area contributed by atoms with Crippen LogP contribution < -0.4 is 10.2 Å². The first-order chi connectivity index (χ1) is 11.0. The maximum atomic E-state index is 13.1. The van der Waals surface area contributed by atoms with Crippen LogP contribution in [0.4, 0.5) is 14.4 Å². The van der Waals surface area contributed by atoms with E-state index in [-0.39, 0.29) is 10.9 Å². The zero-order valence-electron chi connectivity index (χ0n) is 14.1. The Morgan fingerprint density at radius 3 is 2.46 bits per heavy atom. The molecular weight excluding hydrogens is 335 g/mol. The SMILES string of the molecule is CC(C)(C)OC(=O)NC1CCN(c2cccc(S(=O)(=O)F)c2)CC1. The Morgan fingerprint density at radius 1 is 1.29 bits per heavy atom. The second-order valence-electron chi connectivity index (χ2n) is 6.84. The third kappa shape index (κ3) is 5.36. The number of amides is 1. The second kappa shape index (κ2) is 6.96. The van der Waals surface area contributed by atoms with Crippen molar-refractivity contribution in [2.75, 3.05) is 18.0 Å². The topological polar surface area (TPSA) is 75.7 Å². The quantitative estimate of drug-likeness (QED) is 0.841. The van der Waals surface area contributed by atoms with Crippen LogP contribution in [0.1, 0.15) is 33.6 Å². The Labute approximate surface area is 142 Å². The molecule has 6 nitrogen and oxygen atoms in total. The van der Waals surface area contributed by atoms with Crippen molar-refractivity contribution < 1.29 is 21.8 Å². The van der Waals surface area contributed by atoms with E-state index in [0.717, 1.165) is 0 Å². The van der Waals surface area contributed by atoms with Crippen LogP contribution in [0.25, 0.3) is 0 Å². The number of halogens is 1. The molecule has 1 fully saturated rings. The van der Waals surface area contributed by atoms with E-state index >= 15 is 0 Å². The Bertz CT molecular complexity index is 692. The Kier molecular flexibility index (Phi) is 5.37. The van der Waals surface area contributed by atoms with Crippen molar-refractivity contribution in [3.05, 3.63) is 24.3 Å². The van der Waals surface area contributed by atoms with E-state index in [9.17, 15) is 17.1 Å². The minimum Gasteiger partial charge on any atom is -0.444 e. The maximum Gasteiger partial charge on any atom is 0.407 e. The fourth-order valence-electron chi connectivity index (χ4n) is 2.59. The number of rotatable bonds is 3. The summed E-state index contributed by atoms with van der Waals surface area (Å²) in [6, 6.07) is 5.83. The number of nitrogens with zero attached hydrogens (tertiary/aromatic N) is 1. The van der Waals surface area contributed by atoms with E-state index in [0.29, 0.717) is 31.6 Å². The third-order valence-electron chi connectivity index (χ3n) is 3.68. The molecule has 134 valence electrons. The van der Waals surface area contributed by atoms with Gasteiger partial charge in [-0.2, -0.15) is 8.42 Å². The highest BCUT2D eigenvalue weighted by Gasteiger charge is 2.24. The molecule has 0 atom stereocenters. The molecule has 8 heteroatoms. The van der Waals surface area contributed by atoms with E-state index in [1.54, 1.807) is 26.8 Å². The molecule has 0 aromatic heterocycles. The first-order valence-corrected chi connectivity index (χ1v) is 9.22. The molecule has 1 heterocycles. The Hall–Kier alpha value is -1.83. The van der Waals surface area contributed by atoms with E-state index in [4.69, 9.17) is 4.74 Å². The predicted molar refractivity (Wildman–Crippen MR) is 89.3 cm³/mol. The first kappa shape index (κ1) is 18.5. The van der Waals surface area contributed by atoms with E-state index in [1.807, 2.05) is 4.90 Å².